The van der Waals surface area contributed by atoms with Gasteiger partial charge in [-0.3, -0.25) is 10.3 Å². The molecule has 4 rings (SSSR count). The number of amides is 1. The van der Waals surface area contributed by atoms with E-state index in [0.29, 0.717) is 24.6 Å². The van der Waals surface area contributed by atoms with Crippen molar-refractivity contribution in [1.82, 2.24) is 20.7 Å². The van der Waals surface area contributed by atoms with Crippen LogP contribution in [0.4, 0.5) is 10.6 Å². The summed E-state index contributed by atoms with van der Waals surface area (Å²) in [6.07, 6.45) is 4.02. The Balaban J connectivity index is 1.82. The Labute approximate surface area is 159 Å². The number of pyridine rings is 1. The number of ether oxygens (including phenoxy) is 1. The normalized spacial score (nSPS) is 28.7. The summed E-state index contributed by atoms with van der Waals surface area (Å²) in [7, 11) is 0. The number of hydrogen-bond acceptors (Lipinski definition) is 7. The highest BCUT2D eigenvalue weighted by Gasteiger charge is 2.47. The Morgan fingerprint density at radius 2 is 2.19 bits per heavy atom. The van der Waals surface area contributed by atoms with Crippen LogP contribution in [0.5, 0.6) is 0 Å². The number of hydrogen-bond donors (Lipinski definition) is 3. The molecule has 2 saturated heterocycles. The first-order chi connectivity index (χ1) is 13.1. The Hall–Kier alpha value is -2.37. The summed E-state index contributed by atoms with van der Waals surface area (Å²) in [4.78, 5) is 19.0. The number of hydrazine groups is 1. The van der Waals surface area contributed by atoms with Crippen LogP contribution in [-0.2, 0) is 11.2 Å². The molecule has 4 N–H and O–H groups in total. The monoisotopic (exact) mass is 370 g/mol. The minimum Gasteiger partial charge on any atom is -0.450 e. The standard InChI is InChI=1S/C19H26N6O2/c1-3-10-7-14(24-23-10)16-12(9-20)18(21)22-13-8-11-5-6-15(17(13)16)25(11)19(26)27-4-2/h10-11,14-15,23-24H,3-8H2,1-2H3,(H2,21,22)/t10?,11-,14?,15+/m1/s1. The fourth-order valence-electron chi connectivity index (χ4n) is 4.84. The summed E-state index contributed by atoms with van der Waals surface area (Å²) >= 11 is 0. The lowest BCUT2D eigenvalue weighted by molar-refractivity contribution is 0.0831. The van der Waals surface area contributed by atoms with Gasteiger partial charge in [0.15, 0.2) is 0 Å². The average Bonchev–Trinajstić information content (AvgIpc) is 3.24. The van der Waals surface area contributed by atoms with E-state index in [1.165, 1.54) is 0 Å². The molecule has 1 aromatic rings. The molecule has 144 valence electrons. The fraction of sp³-hybridized carbons (Fsp3) is 0.632. The van der Waals surface area contributed by atoms with Crippen molar-refractivity contribution in [2.75, 3.05) is 12.3 Å². The first kappa shape index (κ1) is 18.0. The number of nitrogen functional groups attached to an aromatic ring is 1. The molecule has 8 heteroatoms. The zero-order chi connectivity index (χ0) is 19.1. The predicted octanol–water partition coefficient (Wildman–Crippen LogP) is 2.07. The summed E-state index contributed by atoms with van der Waals surface area (Å²) in [6.45, 7) is 4.30. The summed E-state index contributed by atoms with van der Waals surface area (Å²) < 4.78 is 5.31. The van der Waals surface area contributed by atoms with Crippen molar-refractivity contribution < 1.29 is 9.53 Å². The van der Waals surface area contributed by atoms with Gasteiger partial charge < -0.3 is 10.5 Å². The number of rotatable bonds is 3. The zero-order valence-electron chi connectivity index (χ0n) is 15.8. The Morgan fingerprint density at radius 3 is 2.85 bits per heavy atom. The van der Waals surface area contributed by atoms with E-state index in [9.17, 15) is 10.1 Å². The quantitative estimate of drug-likeness (QED) is 0.746. The van der Waals surface area contributed by atoms with E-state index >= 15 is 0 Å². The number of nitrogens with one attached hydrogen (secondary N) is 2. The number of anilines is 1. The Kier molecular flexibility index (Phi) is 4.66. The number of fused-ring (bicyclic) bond motifs is 4. The molecule has 4 atom stereocenters. The second-order valence-electron chi connectivity index (χ2n) is 7.50. The second-order valence-corrected chi connectivity index (χ2v) is 7.50. The Bertz CT molecular complexity index is 804. The van der Waals surface area contributed by atoms with Crippen molar-refractivity contribution in [3.8, 4) is 6.07 Å². The van der Waals surface area contributed by atoms with Gasteiger partial charge in [-0.1, -0.05) is 6.92 Å². The average molecular weight is 370 g/mol. The number of nitrogens with zero attached hydrogens (tertiary/aromatic N) is 3. The van der Waals surface area contributed by atoms with E-state index in [-0.39, 0.29) is 30.0 Å². The third-order valence-corrected chi connectivity index (χ3v) is 6.06. The van der Waals surface area contributed by atoms with Gasteiger partial charge in [-0.25, -0.2) is 15.2 Å². The molecule has 1 amide bonds. The highest BCUT2D eigenvalue weighted by atomic mass is 16.6. The van der Waals surface area contributed by atoms with Crippen LogP contribution in [0, 0.1) is 11.3 Å². The molecule has 0 aliphatic carbocycles. The summed E-state index contributed by atoms with van der Waals surface area (Å²) in [5.74, 6) is 0.289. The van der Waals surface area contributed by atoms with Gasteiger partial charge in [0.2, 0.25) is 0 Å². The SMILES string of the molecule is CCOC(=O)N1[C@@H]2CC[C@H]1c1c(nc(N)c(C#N)c1C1CC(CC)NN1)C2. The van der Waals surface area contributed by atoms with Gasteiger partial charge >= 0.3 is 6.09 Å². The van der Waals surface area contributed by atoms with Crippen LogP contribution in [0.25, 0.3) is 0 Å². The van der Waals surface area contributed by atoms with Crippen LogP contribution in [0.1, 0.15) is 74.0 Å². The van der Waals surface area contributed by atoms with Crippen LogP contribution in [0.3, 0.4) is 0 Å². The van der Waals surface area contributed by atoms with Crippen LogP contribution < -0.4 is 16.6 Å². The number of aromatic nitrogens is 1. The van der Waals surface area contributed by atoms with Gasteiger partial charge in [0.1, 0.15) is 11.9 Å². The van der Waals surface area contributed by atoms with E-state index in [1.807, 2.05) is 11.8 Å². The maximum atomic E-state index is 12.6. The fourth-order valence-corrected chi connectivity index (χ4v) is 4.84. The lowest BCUT2D eigenvalue weighted by atomic mass is 9.85. The predicted molar refractivity (Wildman–Crippen MR) is 99.4 cm³/mol. The van der Waals surface area contributed by atoms with Gasteiger partial charge in [-0.15, -0.1) is 0 Å². The zero-order valence-corrected chi connectivity index (χ0v) is 15.8. The maximum absolute atomic E-state index is 12.6. The van der Waals surface area contributed by atoms with E-state index in [2.05, 4.69) is 28.8 Å². The molecule has 27 heavy (non-hydrogen) atoms. The van der Waals surface area contributed by atoms with E-state index in [4.69, 9.17) is 10.5 Å². The van der Waals surface area contributed by atoms with Crippen molar-refractivity contribution in [1.29, 1.82) is 5.26 Å². The number of nitriles is 1. The summed E-state index contributed by atoms with van der Waals surface area (Å²) in [5, 5.41) is 9.79. The van der Waals surface area contributed by atoms with Crippen molar-refractivity contribution >= 4 is 11.9 Å². The van der Waals surface area contributed by atoms with Gasteiger partial charge in [0, 0.05) is 30.1 Å². The van der Waals surface area contributed by atoms with Crippen LogP contribution >= 0.6 is 0 Å². The maximum Gasteiger partial charge on any atom is 0.410 e. The topological polar surface area (TPSA) is 116 Å². The van der Waals surface area contributed by atoms with Crippen molar-refractivity contribution in [3.63, 3.8) is 0 Å². The molecule has 3 aliphatic rings. The summed E-state index contributed by atoms with van der Waals surface area (Å²) in [6, 6.07) is 2.57. The van der Waals surface area contributed by atoms with Crippen molar-refractivity contribution in [2.24, 2.45) is 0 Å². The van der Waals surface area contributed by atoms with E-state index in [0.717, 1.165) is 42.5 Å². The van der Waals surface area contributed by atoms with Crippen molar-refractivity contribution in [2.45, 2.75) is 70.1 Å². The minimum absolute atomic E-state index is 0.0233. The Morgan fingerprint density at radius 1 is 1.37 bits per heavy atom. The number of carbonyl (C=O) groups excluding carboxylic acids is 1. The highest BCUT2D eigenvalue weighted by molar-refractivity contribution is 5.71. The van der Waals surface area contributed by atoms with Crippen molar-refractivity contribution in [3.05, 3.63) is 22.4 Å². The molecular formula is C19H26N6O2. The molecule has 1 aromatic heterocycles. The first-order valence-corrected chi connectivity index (χ1v) is 9.77. The lowest BCUT2D eigenvalue weighted by Gasteiger charge is -2.37. The molecule has 2 unspecified atom stereocenters. The van der Waals surface area contributed by atoms with Gasteiger partial charge in [-0.2, -0.15) is 5.26 Å². The number of nitrogens with two attached hydrogens (primary N) is 1. The molecule has 2 bridgehead atoms. The molecule has 8 nitrogen and oxygen atoms in total. The molecule has 0 spiro atoms. The van der Waals surface area contributed by atoms with Crippen LogP contribution in [0.2, 0.25) is 0 Å². The molecule has 0 saturated carbocycles. The molecular weight excluding hydrogens is 344 g/mol. The molecule has 3 aliphatic heterocycles. The third-order valence-electron chi connectivity index (χ3n) is 6.06. The number of carbonyl (C=O) groups is 1. The van der Waals surface area contributed by atoms with Gasteiger partial charge in [-0.05, 0) is 38.2 Å². The highest BCUT2D eigenvalue weighted by Crippen LogP contribution is 2.48. The van der Waals surface area contributed by atoms with Gasteiger partial charge in [0.25, 0.3) is 0 Å². The molecule has 0 aromatic carbocycles. The minimum atomic E-state index is -0.277. The molecule has 4 heterocycles. The van der Waals surface area contributed by atoms with E-state index in [1.54, 1.807) is 0 Å². The van der Waals surface area contributed by atoms with Crippen LogP contribution in [0.15, 0.2) is 0 Å². The second kappa shape index (κ2) is 6.98. The third kappa shape index (κ3) is 2.82. The largest absolute Gasteiger partial charge is 0.450 e. The van der Waals surface area contributed by atoms with E-state index < -0.39 is 0 Å². The smallest absolute Gasteiger partial charge is 0.410 e. The summed E-state index contributed by atoms with van der Waals surface area (Å²) in [5.41, 5.74) is 16.1. The lowest BCUT2D eigenvalue weighted by Crippen LogP contribution is -2.43. The van der Waals surface area contributed by atoms with Crippen LogP contribution in [-0.4, -0.2) is 34.7 Å². The molecule has 2 fully saturated rings. The van der Waals surface area contributed by atoms with Gasteiger partial charge in [0.05, 0.1) is 23.9 Å². The molecule has 0 radical (unpaired) electrons. The first-order valence-electron chi connectivity index (χ1n) is 9.77.